The van der Waals surface area contributed by atoms with E-state index < -0.39 is 0 Å². The summed E-state index contributed by atoms with van der Waals surface area (Å²) < 4.78 is 6.54. The van der Waals surface area contributed by atoms with E-state index in [1.54, 1.807) is 0 Å². The molecule has 0 N–H and O–H groups in total. The third kappa shape index (κ3) is 3.23. The number of hydrogen-bond donors (Lipinski definition) is 0. The number of esters is 1. The molecule has 1 aliphatic carbocycles. The highest BCUT2D eigenvalue weighted by molar-refractivity contribution is 9.10. The second-order valence-corrected chi connectivity index (χ2v) is 7.86. The second kappa shape index (κ2) is 6.76. The Balaban J connectivity index is 1.88. The lowest BCUT2D eigenvalue weighted by Gasteiger charge is -2.41. The van der Waals surface area contributed by atoms with E-state index >= 15 is 0 Å². The molecule has 2 fully saturated rings. The summed E-state index contributed by atoms with van der Waals surface area (Å²) in [5.74, 6) is 1.89. The van der Waals surface area contributed by atoms with Gasteiger partial charge in [0.2, 0.25) is 0 Å². The molecule has 1 saturated heterocycles. The Morgan fingerprint density at radius 3 is 2.83 bits per heavy atom. The third-order valence-corrected chi connectivity index (χ3v) is 6.09. The van der Waals surface area contributed by atoms with E-state index in [2.05, 4.69) is 46.9 Å². The van der Waals surface area contributed by atoms with Gasteiger partial charge in [0.05, 0.1) is 11.6 Å². The maximum absolute atomic E-state index is 12.2. The molecule has 2 heterocycles. The van der Waals surface area contributed by atoms with E-state index in [1.807, 2.05) is 25.3 Å². The van der Waals surface area contributed by atoms with Gasteiger partial charge in [0.1, 0.15) is 6.10 Å². The van der Waals surface area contributed by atoms with Crippen LogP contribution in [0.3, 0.4) is 0 Å². The van der Waals surface area contributed by atoms with Crippen molar-refractivity contribution in [2.45, 2.75) is 39.7 Å². The lowest BCUT2D eigenvalue weighted by molar-refractivity contribution is -0.144. The minimum atomic E-state index is 0.00377. The molecule has 4 heteroatoms. The van der Waals surface area contributed by atoms with Crippen LogP contribution in [0.1, 0.15) is 39.3 Å². The van der Waals surface area contributed by atoms with Crippen molar-refractivity contribution < 1.29 is 9.53 Å². The Hall–Kier alpha value is -1.16. The molecular formula is C19H24BrNO2. The fourth-order valence-electron chi connectivity index (χ4n) is 4.55. The molecule has 0 amide bonds. The van der Waals surface area contributed by atoms with Crippen LogP contribution in [0.15, 0.2) is 28.9 Å². The van der Waals surface area contributed by atoms with Gasteiger partial charge < -0.3 is 4.74 Å². The predicted octanol–water partition coefficient (Wildman–Crippen LogP) is 4.72. The standard InChI is InChI=1S/C19H24BrNO2/c1-4-15-11(2)9-17-18(12(3)23-19(17)22)16(15)8-7-14-6-5-13(20)10-21-14/h5-8,10-12,15-18H,4,9H2,1-3H3/t11-,12+,15+,16-,17+,18-/m0/s1. The summed E-state index contributed by atoms with van der Waals surface area (Å²) >= 11 is 3.41. The number of aromatic nitrogens is 1. The largest absolute Gasteiger partial charge is 0.462 e. The summed E-state index contributed by atoms with van der Waals surface area (Å²) in [5.41, 5.74) is 0.954. The number of rotatable bonds is 3. The fraction of sp³-hybridized carbons (Fsp3) is 0.579. The maximum atomic E-state index is 12.2. The molecule has 0 radical (unpaired) electrons. The van der Waals surface area contributed by atoms with Gasteiger partial charge in [-0.15, -0.1) is 0 Å². The molecule has 124 valence electrons. The van der Waals surface area contributed by atoms with Crippen LogP contribution in [-0.2, 0) is 9.53 Å². The number of hydrogen-bond acceptors (Lipinski definition) is 3. The van der Waals surface area contributed by atoms with Crippen molar-refractivity contribution >= 4 is 28.0 Å². The number of carbonyl (C=O) groups is 1. The Morgan fingerprint density at radius 2 is 2.17 bits per heavy atom. The summed E-state index contributed by atoms with van der Waals surface area (Å²) in [5, 5.41) is 0. The van der Waals surface area contributed by atoms with Gasteiger partial charge in [0, 0.05) is 16.6 Å². The van der Waals surface area contributed by atoms with Crippen LogP contribution in [0.4, 0.5) is 0 Å². The average molecular weight is 378 g/mol. The Morgan fingerprint density at radius 1 is 1.39 bits per heavy atom. The highest BCUT2D eigenvalue weighted by Crippen LogP contribution is 2.50. The topological polar surface area (TPSA) is 39.2 Å². The molecule has 0 unspecified atom stereocenters. The molecule has 1 aliphatic heterocycles. The zero-order valence-electron chi connectivity index (χ0n) is 13.9. The average Bonchev–Trinajstić information content (AvgIpc) is 2.80. The van der Waals surface area contributed by atoms with Gasteiger partial charge in [-0.05, 0) is 65.2 Å². The molecule has 1 saturated carbocycles. The number of fused-ring (bicyclic) bond motifs is 1. The minimum absolute atomic E-state index is 0.00377. The summed E-state index contributed by atoms with van der Waals surface area (Å²) in [6.45, 7) is 6.58. The molecule has 1 aromatic heterocycles. The monoisotopic (exact) mass is 377 g/mol. The SMILES string of the molecule is CC[C@H]1[C@H](C=Cc2ccc(Br)cn2)[C@@H]2[C@@H](C)OC(=O)[C@@H]2C[C@@H]1C. The Bertz CT molecular complexity index is 598. The fourth-order valence-corrected chi connectivity index (χ4v) is 4.78. The molecule has 1 aromatic rings. The summed E-state index contributed by atoms with van der Waals surface area (Å²) in [6, 6.07) is 4.01. The quantitative estimate of drug-likeness (QED) is 0.715. The molecule has 6 atom stereocenters. The van der Waals surface area contributed by atoms with Crippen LogP contribution in [0.25, 0.3) is 6.08 Å². The van der Waals surface area contributed by atoms with E-state index in [1.165, 1.54) is 0 Å². The Kier molecular flexibility index (Phi) is 4.90. The first kappa shape index (κ1) is 16.7. The number of cyclic esters (lactones) is 1. The lowest BCUT2D eigenvalue weighted by Crippen LogP contribution is -2.40. The number of carbonyl (C=O) groups excluding carboxylic acids is 1. The number of ether oxygens (including phenoxy) is 1. The first-order chi connectivity index (χ1) is 11.0. The van der Waals surface area contributed by atoms with Gasteiger partial charge in [0.25, 0.3) is 0 Å². The van der Waals surface area contributed by atoms with E-state index in [-0.39, 0.29) is 18.0 Å². The van der Waals surface area contributed by atoms with Crippen LogP contribution < -0.4 is 0 Å². The minimum Gasteiger partial charge on any atom is -0.462 e. The second-order valence-electron chi connectivity index (χ2n) is 6.95. The highest BCUT2D eigenvalue weighted by Gasteiger charge is 2.52. The normalized spacial score (nSPS) is 37.0. The van der Waals surface area contributed by atoms with Crippen molar-refractivity contribution in [2.24, 2.45) is 29.6 Å². The molecule has 23 heavy (non-hydrogen) atoms. The molecule has 2 aliphatic rings. The van der Waals surface area contributed by atoms with Crippen molar-refractivity contribution in [3.8, 4) is 0 Å². The third-order valence-electron chi connectivity index (χ3n) is 5.62. The van der Waals surface area contributed by atoms with Crippen LogP contribution in [-0.4, -0.2) is 17.1 Å². The first-order valence-electron chi connectivity index (χ1n) is 8.51. The van der Waals surface area contributed by atoms with E-state index in [9.17, 15) is 4.79 Å². The highest BCUT2D eigenvalue weighted by atomic mass is 79.9. The van der Waals surface area contributed by atoms with Gasteiger partial charge >= 0.3 is 5.97 Å². The van der Waals surface area contributed by atoms with Crippen molar-refractivity contribution in [3.05, 3.63) is 34.6 Å². The van der Waals surface area contributed by atoms with Gasteiger partial charge in [-0.1, -0.05) is 26.3 Å². The van der Waals surface area contributed by atoms with Crippen molar-refractivity contribution in [2.75, 3.05) is 0 Å². The lowest BCUT2D eigenvalue weighted by atomic mass is 9.61. The van der Waals surface area contributed by atoms with Crippen LogP contribution in [0.2, 0.25) is 0 Å². The van der Waals surface area contributed by atoms with Crippen LogP contribution in [0, 0.1) is 29.6 Å². The van der Waals surface area contributed by atoms with Gasteiger partial charge in [0.15, 0.2) is 0 Å². The van der Waals surface area contributed by atoms with Gasteiger partial charge in [-0.25, -0.2) is 0 Å². The summed E-state index contributed by atoms with van der Waals surface area (Å²) in [4.78, 5) is 16.6. The zero-order chi connectivity index (χ0) is 16.6. The van der Waals surface area contributed by atoms with Crippen molar-refractivity contribution in [1.82, 2.24) is 4.98 Å². The first-order valence-corrected chi connectivity index (χ1v) is 9.30. The smallest absolute Gasteiger partial charge is 0.309 e. The molecule has 0 bridgehead atoms. The molecule has 3 nitrogen and oxygen atoms in total. The Labute approximate surface area is 146 Å². The zero-order valence-corrected chi connectivity index (χ0v) is 15.5. The summed E-state index contributed by atoms with van der Waals surface area (Å²) in [7, 11) is 0. The van der Waals surface area contributed by atoms with Gasteiger partial charge in [-0.2, -0.15) is 0 Å². The molecular weight excluding hydrogens is 354 g/mol. The molecule has 0 aromatic carbocycles. The van der Waals surface area contributed by atoms with E-state index in [4.69, 9.17) is 4.74 Å². The van der Waals surface area contributed by atoms with Crippen LogP contribution >= 0.6 is 15.9 Å². The maximum Gasteiger partial charge on any atom is 0.309 e. The van der Waals surface area contributed by atoms with E-state index in [0.717, 1.165) is 23.0 Å². The van der Waals surface area contributed by atoms with Gasteiger partial charge in [-0.3, -0.25) is 9.78 Å². The number of halogens is 1. The number of allylic oxidation sites excluding steroid dienone is 1. The van der Waals surface area contributed by atoms with Crippen molar-refractivity contribution in [3.63, 3.8) is 0 Å². The summed E-state index contributed by atoms with van der Waals surface area (Å²) in [6.07, 6.45) is 8.30. The number of pyridine rings is 1. The van der Waals surface area contributed by atoms with Crippen molar-refractivity contribution in [1.29, 1.82) is 0 Å². The molecule has 0 spiro atoms. The van der Waals surface area contributed by atoms with Crippen LogP contribution in [0.5, 0.6) is 0 Å². The molecule has 3 rings (SSSR count). The van der Waals surface area contributed by atoms with E-state index in [0.29, 0.717) is 23.7 Å². The number of nitrogens with zero attached hydrogens (tertiary/aromatic N) is 1. The predicted molar refractivity (Wildman–Crippen MR) is 94.6 cm³/mol.